The van der Waals surface area contributed by atoms with Gasteiger partial charge in [-0.3, -0.25) is 4.98 Å². The molecule has 0 amide bonds. The molecule has 1 aromatic heterocycles. The first-order chi connectivity index (χ1) is 8.38. The van der Waals surface area contributed by atoms with Crippen LogP contribution in [0.2, 0.25) is 0 Å². The van der Waals surface area contributed by atoms with Crippen molar-refractivity contribution in [3.05, 3.63) is 46.5 Å². The maximum absolute atomic E-state index is 11.0. The van der Waals surface area contributed by atoms with E-state index < -0.39 is 5.69 Å². The van der Waals surface area contributed by atoms with E-state index in [0.29, 0.717) is 5.82 Å². The van der Waals surface area contributed by atoms with Crippen LogP contribution >= 0.6 is 0 Å². The largest absolute Gasteiger partial charge is 0.385 e. The second kappa shape index (κ2) is 4.29. The zero-order valence-corrected chi connectivity index (χ0v) is 10.8. The van der Waals surface area contributed by atoms with E-state index in [1.54, 1.807) is 0 Å². The van der Waals surface area contributed by atoms with Crippen LogP contribution in [0.5, 0.6) is 0 Å². The minimum absolute atomic E-state index is 0.118. The van der Waals surface area contributed by atoms with E-state index in [9.17, 15) is 4.79 Å². The number of aromatic nitrogens is 2. The van der Waals surface area contributed by atoms with Gasteiger partial charge >= 0.3 is 5.69 Å². The van der Waals surface area contributed by atoms with Gasteiger partial charge in [-0.05, 0) is 16.5 Å². The summed E-state index contributed by atoms with van der Waals surface area (Å²) in [6.07, 6.45) is 1.50. The van der Waals surface area contributed by atoms with E-state index in [1.165, 1.54) is 11.8 Å². The van der Waals surface area contributed by atoms with Gasteiger partial charge in [0, 0.05) is 11.8 Å². The molecule has 0 aliphatic carbocycles. The lowest BCUT2D eigenvalue weighted by molar-refractivity contribution is 0.590. The third kappa shape index (κ3) is 2.42. The second-order valence-electron chi connectivity index (χ2n) is 5.34. The van der Waals surface area contributed by atoms with Crippen LogP contribution in [0.4, 0.5) is 5.82 Å². The number of benzene rings is 1. The number of aromatic amines is 1. The van der Waals surface area contributed by atoms with Crippen LogP contribution in [0.3, 0.4) is 0 Å². The smallest absolute Gasteiger partial charge is 0.346 e. The zero-order valence-electron chi connectivity index (χ0n) is 10.8. The fourth-order valence-corrected chi connectivity index (χ4v) is 1.79. The number of hydrogen-bond acceptors (Lipinski definition) is 3. The lowest BCUT2D eigenvalue weighted by Gasteiger charge is -2.19. The Bertz CT molecular complexity index is 606. The molecule has 0 saturated carbocycles. The summed E-state index contributed by atoms with van der Waals surface area (Å²) < 4.78 is 0. The van der Waals surface area contributed by atoms with Crippen molar-refractivity contribution < 1.29 is 0 Å². The van der Waals surface area contributed by atoms with Crippen molar-refractivity contribution in [2.75, 3.05) is 5.73 Å². The average Bonchev–Trinajstić information content (AvgIpc) is 2.28. The monoisotopic (exact) mass is 243 g/mol. The van der Waals surface area contributed by atoms with Crippen LogP contribution in [0.25, 0.3) is 11.1 Å². The van der Waals surface area contributed by atoms with E-state index in [1.807, 2.05) is 12.1 Å². The lowest BCUT2D eigenvalue weighted by atomic mass is 9.86. The van der Waals surface area contributed by atoms with E-state index in [4.69, 9.17) is 5.73 Å². The Hall–Kier alpha value is -2.10. The van der Waals surface area contributed by atoms with Crippen molar-refractivity contribution in [1.29, 1.82) is 0 Å². The standard InChI is InChI=1S/C14H17N3O/c1-14(2,3)10-6-4-9(5-7-10)11-8-16-13(18)17-12(11)15/h4-8H,1-3H3,(H3,15,16,17,18). The van der Waals surface area contributed by atoms with E-state index >= 15 is 0 Å². The summed E-state index contributed by atoms with van der Waals surface area (Å²) in [6, 6.07) is 8.12. The fraction of sp³-hybridized carbons (Fsp3) is 0.286. The van der Waals surface area contributed by atoms with E-state index in [-0.39, 0.29) is 5.41 Å². The molecule has 0 radical (unpaired) electrons. The Morgan fingerprint density at radius 1 is 1.17 bits per heavy atom. The molecule has 0 fully saturated rings. The van der Waals surface area contributed by atoms with Crippen molar-refractivity contribution in [3.63, 3.8) is 0 Å². The number of nitrogens with one attached hydrogen (secondary N) is 1. The SMILES string of the molecule is CC(C)(C)c1ccc(-c2cnc(=O)[nH]c2N)cc1. The second-order valence-corrected chi connectivity index (χ2v) is 5.34. The van der Waals surface area contributed by atoms with Crippen molar-refractivity contribution in [1.82, 2.24) is 9.97 Å². The molecule has 0 atom stereocenters. The van der Waals surface area contributed by atoms with Gasteiger partial charge in [-0.1, -0.05) is 45.0 Å². The highest BCUT2D eigenvalue weighted by Crippen LogP contribution is 2.27. The van der Waals surface area contributed by atoms with Gasteiger partial charge < -0.3 is 5.73 Å². The normalized spacial score (nSPS) is 11.5. The third-order valence-corrected chi connectivity index (χ3v) is 2.90. The molecule has 0 aliphatic heterocycles. The summed E-state index contributed by atoms with van der Waals surface area (Å²) in [5.74, 6) is 0.346. The predicted molar refractivity (Wildman–Crippen MR) is 73.4 cm³/mol. The highest BCUT2D eigenvalue weighted by atomic mass is 16.1. The van der Waals surface area contributed by atoms with Gasteiger partial charge in [-0.2, -0.15) is 0 Å². The molecule has 3 N–H and O–H groups in total. The molecule has 0 saturated heterocycles. The first kappa shape index (κ1) is 12.4. The minimum Gasteiger partial charge on any atom is -0.385 e. The van der Waals surface area contributed by atoms with Gasteiger partial charge in [0.1, 0.15) is 5.82 Å². The average molecular weight is 243 g/mol. The fourth-order valence-electron chi connectivity index (χ4n) is 1.79. The van der Waals surface area contributed by atoms with Crippen LogP contribution in [0.1, 0.15) is 26.3 Å². The Labute approximate surface area is 106 Å². The highest BCUT2D eigenvalue weighted by Gasteiger charge is 2.13. The van der Waals surface area contributed by atoms with Gasteiger partial charge in [-0.25, -0.2) is 9.78 Å². The summed E-state index contributed by atoms with van der Waals surface area (Å²) in [6.45, 7) is 6.49. The molecule has 0 aliphatic rings. The zero-order chi connectivity index (χ0) is 13.3. The maximum Gasteiger partial charge on any atom is 0.346 e. The molecule has 0 unspecified atom stereocenters. The molecule has 2 aromatic rings. The molecule has 2 rings (SSSR count). The van der Waals surface area contributed by atoms with Crippen LogP contribution in [-0.4, -0.2) is 9.97 Å². The molecule has 1 heterocycles. The molecule has 4 heteroatoms. The van der Waals surface area contributed by atoms with Gasteiger partial charge in [0.2, 0.25) is 0 Å². The minimum atomic E-state index is -0.428. The first-order valence-corrected chi connectivity index (χ1v) is 5.83. The lowest BCUT2D eigenvalue weighted by Crippen LogP contribution is -2.13. The Morgan fingerprint density at radius 2 is 1.78 bits per heavy atom. The molecule has 0 bridgehead atoms. The van der Waals surface area contributed by atoms with Gasteiger partial charge in [0.05, 0.1) is 0 Å². The molecular weight excluding hydrogens is 226 g/mol. The number of rotatable bonds is 1. The van der Waals surface area contributed by atoms with Gasteiger partial charge in [0.15, 0.2) is 0 Å². The van der Waals surface area contributed by atoms with Crippen LogP contribution in [0, 0.1) is 0 Å². The summed E-state index contributed by atoms with van der Waals surface area (Å²) in [5.41, 5.74) is 8.42. The topological polar surface area (TPSA) is 71.8 Å². The number of anilines is 1. The summed E-state index contributed by atoms with van der Waals surface area (Å²) in [7, 11) is 0. The number of hydrogen-bond donors (Lipinski definition) is 2. The molecule has 1 aromatic carbocycles. The van der Waals surface area contributed by atoms with Crippen molar-refractivity contribution in [2.24, 2.45) is 0 Å². The molecule has 94 valence electrons. The summed E-state index contributed by atoms with van der Waals surface area (Å²) in [5, 5.41) is 0. The van der Waals surface area contributed by atoms with Crippen molar-refractivity contribution in [3.8, 4) is 11.1 Å². The van der Waals surface area contributed by atoms with E-state index in [2.05, 4.69) is 42.9 Å². The maximum atomic E-state index is 11.0. The van der Waals surface area contributed by atoms with Crippen LogP contribution in [-0.2, 0) is 5.41 Å². The third-order valence-electron chi connectivity index (χ3n) is 2.90. The summed E-state index contributed by atoms with van der Waals surface area (Å²) >= 11 is 0. The predicted octanol–water partition coefficient (Wildman–Crippen LogP) is 2.32. The van der Waals surface area contributed by atoms with E-state index in [0.717, 1.165) is 11.1 Å². The van der Waals surface area contributed by atoms with Crippen LogP contribution in [0.15, 0.2) is 35.3 Å². The molecular formula is C14H17N3O. The molecule has 0 spiro atoms. The Balaban J connectivity index is 2.44. The molecule has 4 nitrogen and oxygen atoms in total. The number of nitrogen functional groups attached to an aromatic ring is 1. The van der Waals surface area contributed by atoms with Crippen molar-refractivity contribution in [2.45, 2.75) is 26.2 Å². The number of nitrogens with zero attached hydrogens (tertiary/aromatic N) is 1. The Kier molecular flexibility index (Phi) is 2.95. The van der Waals surface area contributed by atoms with Crippen molar-refractivity contribution >= 4 is 5.82 Å². The quantitative estimate of drug-likeness (QED) is 0.807. The van der Waals surface area contributed by atoms with Crippen LogP contribution < -0.4 is 11.4 Å². The Morgan fingerprint density at radius 3 is 2.28 bits per heavy atom. The first-order valence-electron chi connectivity index (χ1n) is 5.83. The molecule has 18 heavy (non-hydrogen) atoms. The summed E-state index contributed by atoms with van der Waals surface area (Å²) in [4.78, 5) is 17.2. The number of H-pyrrole nitrogens is 1. The number of nitrogens with two attached hydrogens (primary N) is 1. The van der Waals surface area contributed by atoms with Gasteiger partial charge in [-0.15, -0.1) is 0 Å². The highest BCUT2D eigenvalue weighted by molar-refractivity contribution is 5.72. The van der Waals surface area contributed by atoms with Gasteiger partial charge in [0.25, 0.3) is 0 Å².